The van der Waals surface area contributed by atoms with E-state index < -0.39 is 0 Å². The number of nitrogens with zero attached hydrogens (tertiary/aromatic N) is 4. The smallest absolute Gasteiger partial charge is 0.230 e. The molecule has 33 heavy (non-hydrogen) atoms. The SMILES string of the molecule is COc1ccc(CCNC(=O)CSc2nnc(N3CCC(C)CC3)n2C[C@@H]2CCCO2)cc1. The number of nitrogens with one attached hydrogen (secondary N) is 1. The maximum atomic E-state index is 12.5. The number of carbonyl (C=O) groups excluding carboxylic acids is 1. The van der Waals surface area contributed by atoms with Crippen LogP contribution in [0.15, 0.2) is 29.4 Å². The summed E-state index contributed by atoms with van der Waals surface area (Å²) in [4.78, 5) is 14.8. The van der Waals surface area contributed by atoms with E-state index in [0.717, 1.165) is 68.3 Å². The minimum Gasteiger partial charge on any atom is -0.497 e. The van der Waals surface area contributed by atoms with Gasteiger partial charge in [-0.1, -0.05) is 30.8 Å². The Kier molecular flexibility index (Phi) is 8.50. The van der Waals surface area contributed by atoms with Gasteiger partial charge in [-0.15, -0.1) is 10.2 Å². The zero-order valence-electron chi connectivity index (χ0n) is 19.7. The highest BCUT2D eigenvalue weighted by atomic mass is 32.2. The lowest BCUT2D eigenvalue weighted by Crippen LogP contribution is -2.35. The molecule has 4 rings (SSSR count). The molecule has 0 bridgehead atoms. The number of carbonyl (C=O) groups is 1. The lowest BCUT2D eigenvalue weighted by molar-refractivity contribution is -0.118. The van der Waals surface area contributed by atoms with Gasteiger partial charge >= 0.3 is 0 Å². The first-order valence-corrected chi connectivity index (χ1v) is 12.9. The summed E-state index contributed by atoms with van der Waals surface area (Å²) in [5.41, 5.74) is 1.17. The highest BCUT2D eigenvalue weighted by molar-refractivity contribution is 7.99. The molecule has 0 unspecified atom stereocenters. The molecule has 2 fully saturated rings. The van der Waals surface area contributed by atoms with E-state index in [-0.39, 0.29) is 12.0 Å². The van der Waals surface area contributed by atoms with Crippen molar-refractivity contribution in [1.29, 1.82) is 0 Å². The summed E-state index contributed by atoms with van der Waals surface area (Å²) in [5, 5.41) is 12.8. The number of piperidine rings is 1. The first-order chi connectivity index (χ1) is 16.1. The zero-order chi connectivity index (χ0) is 23.0. The fourth-order valence-electron chi connectivity index (χ4n) is 4.30. The molecule has 1 amide bonds. The second-order valence-corrected chi connectivity index (χ2v) is 9.88. The second kappa shape index (κ2) is 11.7. The molecular weight excluding hydrogens is 438 g/mol. The highest BCUT2D eigenvalue weighted by Gasteiger charge is 2.26. The largest absolute Gasteiger partial charge is 0.497 e. The number of aromatic nitrogens is 3. The zero-order valence-corrected chi connectivity index (χ0v) is 20.5. The first kappa shape index (κ1) is 23.9. The second-order valence-electron chi connectivity index (χ2n) is 8.93. The van der Waals surface area contributed by atoms with Gasteiger partial charge in [0.05, 0.1) is 25.5 Å². The van der Waals surface area contributed by atoms with Gasteiger partial charge in [0.1, 0.15) is 5.75 Å². The van der Waals surface area contributed by atoms with Crippen molar-refractivity contribution in [2.75, 3.05) is 44.0 Å². The van der Waals surface area contributed by atoms with Crippen LogP contribution in [0.4, 0.5) is 5.95 Å². The molecule has 1 N–H and O–H groups in total. The predicted molar refractivity (Wildman–Crippen MR) is 130 cm³/mol. The van der Waals surface area contributed by atoms with Crippen molar-refractivity contribution in [1.82, 2.24) is 20.1 Å². The van der Waals surface area contributed by atoms with Gasteiger partial charge in [-0.2, -0.15) is 0 Å². The van der Waals surface area contributed by atoms with Crippen molar-refractivity contribution >= 4 is 23.6 Å². The van der Waals surface area contributed by atoms with E-state index in [0.29, 0.717) is 12.3 Å². The standard InChI is InChI=1S/C24H35N5O3S/c1-18-10-13-28(14-11-18)23-26-27-24(29(23)16-21-4-3-15-32-21)33-17-22(30)25-12-9-19-5-7-20(31-2)8-6-19/h5-8,18,21H,3-4,9-17H2,1-2H3,(H,25,30)/t21-/m0/s1. The maximum absolute atomic E-state index is 12.5. The van der Waals surface area contributed by atoms with Crippen LogP contribution in [-0.4, -0.2) is 65.9 Å². The average Bonchev–Trinajstić information content (AvgIpc) is 3.49. The number of methoxy groups -OCH3 is 1. The van der Waals surface area contributed by atoms with Gasteiger partial charge in [0.2, 0.25) is 11.9 Å². The lowest BCUT2D eigenvalue weighted by atomic mass is 10.00. The highest BCUT2D eigenvalue weighted by Crippen LogP contribution is 2.28. The van der Waals surface area contributed by atoms with Crippen LogP contribution in [0.2, 0.25) is 0 Å². The lowest BCUT2D eigenvalue weighted by Gasteiger charge is -2.31. The Hall–Kier alpha value is -2.26. The van der Waals surface area contributed by atoms with Crippen LogP contribution in [0.5, 0.6) is 5.75 Å². The molecule has 2 aliphatic heterocycles. The molecule has 0 aliphatic carbocycles. The molecule has 2 saturated heterocycles. The number of ether oxygens (including phenoxy) is 2. The monoisotopic (exact) mass is 473 g/mol. The quantitative estimate of drug-likeness (QED) is 0.531. The summed E-state index contributed by atoms with van der Waals surface area (Å²) in [6, 6.07) is 7.93. The maximum Gasteiger partial charge on any atom is 0.230 e. The van der Waals surface area contributed by atoms with E-state index in [9.17, 15) is 4.79 Å². The molecule has 0 radical (unpaired) electrons. The summed E-state index contributed by atoms with van der Waals surface area (Å²) < 4.78 is 13.2. The Bertz CT molecular complexity index is 890. The van der Waals surface area contributed by atoms with Gasteiger partial charge in [0.25, 0.3) is 0 Å². The summed E-state index contributed by atoms with van der Waals surface area (Å²) in [7, 11) is 1.66. The van der Waals surface area contributed by atoms with Crippen LogP contribution in [0.25, 0.3) is 0 Å². The van der Waals surface area contributed by atoms with Gasteiger partial charge in [-0.25, -0.2) is 0 Å². The summed E-state index contributed by atoms with van der Waals surface area (Å²) in [6.07, 6.45) is 5.49. The molecular formula is C24H35N5O3S. The Morgan fingerprint density at radius 3 is 2.70 bits per heavy atom. The van der Waals surface area contributed by atoms with Gasteiger partial charge in [0, 0.05) is 26.2 Å². The third-order valence-corrected chi connectivity index (χ3v) is 7.37. The third-order valence-electron chi connectivity index (χ3n) is 6.40. The number of hydrogen-bond acceptors (Lipinski definition) is 7. The number of anilines is 1. The summed E-state index contributed by atoms with van der Waals surface area (Å²) >= 11 is 1.45. The van der Waals surface area contributed by atoms with Crippen molar-refractivity contribution in [2.45, 2.75) is 56.8 Å². The first-order valence-electron chi connectivity index (χ1n) is 11.9. The minimum absolute atomic E-state index is 0.00789. The molecule has 2 aliphatic rings. The molecule has 1 aromatic carbocycles. The summed E-state index contributed by atoms with van der Waals surface area (Å²) in [5.74, 6) is 2.84. The van der Waals surface area contributed by atoms with Crippen molar-refractivity contribution in [3.63, 3.8) is 0 Å². The van der Waals surface area contributed by atoms with E-state index in [1.165, 1.54) is 30.2 Å². The fraction of sp³-hybridized carbons (Fsp3) is 0.625. The molecule has 1 atom stereocenters. The van der Waals surface area contributed by atoms with Gasteiger partial charge in [-0.05, 0) is 55.7 Å². The van der Waals surface area contributed by atoms with Crippen LogP contribution < -0.4 is 15.0 Å². The Labute approximate surface area is 200 Å². The van der Waals surface area contributed by atoms with Gasteiger partial charge in [0.15, 0.2) is 5.16 Å². The van der Waals surface area contributed by atoms with E-state index in [1.54, 1.807) is 7.11 Å². The Morgan fingerprint density at radius 1 is 1.21 bits per heavy atom. The molecule has 180 valence electrons. The summed E-state index contributed by atoms with van der Waals surface area (Å²) in [6.45, 7) is 6.48. The number of amides is 1. The molecule has 9 heteroatoms. The van der Waals surface area contributed by atoms with Crippen LogP contribution in [-0.2, 0) is 22.5 Å². The molecule has 0 saturated carbocycles. The van der Waals surface area contributed by atoms with Crippen LogP contribution in [0, 0.1) is 5.92 Å². The van der Waals surface area contributed by atoms with Gasteiger partial charge < -0.3 is 19.7 Å². The molecule has 1 aromatic heterocycles. The molecule has 8 nitrogen and oxygen atoms in total. The van der Waals surface area contributed by atoms with Crippen LogP contribution >= 0.6 is 11.8 Å². The van der Waals surface area contributed by atoms with E-state index >= 15 is 0 Å². The molecule has 0 spiro atoms. The van der Waals surface area contributed by atoms with Crippen molar-refractivity contribution in [2.24, 2.45) is 5.92 Å². The van der Waals surface area contributed by atoms with Crippen molar-refractivity contribution < 1.29 is 14.3 Å². The number of rotatable bonds is 10. The normalized spacial score (nSPS) is 19.1. The Balaban J connectivity index is 1.31. The predicted octanol–water partition coefficient (Wildman–Crippen LogP) is 3.15. The molecule has 3 heterocycles. The van der Waals surface area contributed by atoms with Crippen LogP contribution in [0.3, 0.4) is 0 Å². The van der Waals surface area contributed by atoms with Gasteiger partial charge in [-0.3, -0.25) is 9.36 Å². The number of hydrogen-bond donors (Lipinski definition) is 1. The third kappa shape index (κ3) is 6.63. The number of benzene rings is 1. The van der Waals surface area contributed by atoms with Crippen LogP contribution in [0.1, 0.15) is 38.2 Å². The average molecular weight is 474 g/mol. The van der Waals surface area contributed by atoms with Crippen molar-refractivity contribution in [3.05, 3.63) is 29.8 Å². The molecule has 2 aromatic rings. The topological polar surface area (TPSA) is 81.5 Å². The van der Waals surface area contributed by atoms with Crippen molar-refractivity contribution in [3.8, 4) is 5.75 Å². The van der Waals surface area contributed by atoms with E-state index in [4.69, 9.17) is 9.47 Å². The Morgan fingerprint density at radius 2 is 2.00 bits per heavy atom. The van der Waals surface area contributed by atoms with E-state index in [1.807, 2.05) is 24.3 Å². The van der Waals surface area contributed by atoms with E-state index in [2.05, 4.69) is 31.9 Å². The minimum atomic E-state index is 0.00789. The number of thioether (sulfide) groups is 1. The fourth-order valence-corrected chi connectivity index (χ4v) is 5.07.